The number of nitrogens with two attached hydrogens (primary N) is 1. The first kappa shape index (κ1) is 8.40. The van der Waals surface area contributed by atoms with E-state index in [2.05, 4.69) is 4.89 Å². The SMILES string of the molecule is CC1(N)[CH-]C1OO.[Mn]. The third kappa shape index (κ3) is 1.44. The molecule has 0 aromatic rings. The molecule has 0 amide bonds. The first-order valence-corrected chi connectivity index (χ1v) is 2.12. The smallest absolute Gasteiger partial charge is 0 e. The van der Waals surface area contributed by atoms with Crippen molar-refractivity contribution in [2.75, 3.05) is 0 Å². The van der Waals surface area contributed by atoms with Crippen LogP contribution in [0.3, 0.4) is 0 Å². The third-order valence-corrected chi connectivity index (χ3v) is 1.13. The Hall–Kier alpha value is 0.399. The quantitative estimate of drug-likeness (QED) is 0.239. The molecule has 0 aromatic carbocycles. The summed E-state index contributed by atoms with van der Waals surface area (Å²) in [5.41, 5.74) is 5.00. The number of rotatable bonds is 1. The van der Waals surface area contributed by atoms with E-state index in [4.69, 9.17) is 11.0 Å². The summed E-state index contributed by atoms with van der Waals surface area (Å²) in [4.78, 5) is 3.90. The molecule has 2 atom stereocenters. The van der Waals surface area contributed by atoms with Crippen molar-refractivity contribution in [3.63, 3.8) is 0 Å². The Morgan fingerprint density at radius 3 is 2.25 bits per heavy atom. The normalized spacial score (nSPS) is 43.1. The molecular weight excluding hydrogens is 149 g/mol. The summed E-state index contributed by atoms with van der Waals surface area (Å²) in [6.45, 7) is 1.79. The molecule has 1 rings (SSSR count). The Labute approximate surface area is 58.6 Å². The van der Waals surface area contributed by atoms with E-state index in [1.165, 1.54) is 0 Å². The van der Waals surface area contributed by atoms with Crippen LogP contribution >= 0.6 is 0 Å². The zero-order valence-corrected chi connectivity index (χ0v) is 5.65. The summed E-state index contributed by atoms with van der Waals surface area (Å²) in [5, 5.41) is 7.93. The Bertz CT molecular complexity index is 86.1. The van der Waals surface area contributed by atoms with E-state index in [0.717, 1.165) is 0 Å². The Morgan fingerprint density at radius 1 is 1.88 bits per heavy atom. The Balaban J connectivity index is 0.000000490. The fourth-order valence-electron chi connectivity index (χ4n) is 0.422. The monoisotopic (exact) mass is 157 g/mol. The molecule has 49 valence electrons. The van der Waals surface area contributed by atoms with E-state index in [0.29, 0.717) is 0 Å². The van der Waals surface area contributed by atoms with Gasteiger partial charge in [-0.15, -0.1) is 5.54 Å². The topological polar surface area (TPSA) is 55.5 Å². The first-order chi connectivity index (χ1) is 3.17. The summed E-state index contributed by atoms with van der Waals surface area (Å²) in [5.74, 6) is 0. The maximum Gasteiger partial charge on any atom is 0 e. The van der Waals surface area contributed by atoms with Crippen LogP contribution in [0.4, 0.5) is 0 Å². The molecule has 1 aliphatic rings. The van der Waals surface area contributed by atoms with E-state index in [-0.39, 0.29) is 28.7 Å². The van der Waals surface area contributed by atoms with Gasteiger partial charge in [-0.1, -0.05) is 6.92 Å². The van der Waals surface area contributed by atoms with Crippen molar-refractivity contribution in [1.29, 1.82) is 0 Å². The van der Waals surface area contributed by atoms with Gasteiger partial charge >= 0.3 is 0 Å². The number of hydrogen-bond donors (Lipinski definition) is 2. The van der Waals surface area contributed by atoms with Gasteiger partial charge in [0, 0.05) is 17.1 Å². The van der Waals surface area contributed by atoms with Crippen LogP contribution in [0.5, 0.6) is 0 Å². The second kappa shape index (κ2) is 2.33. The van der Waals surface area contributed by atoms with E-state index in [1.54, 1.807) is 13.3 Å². The van der Waals surface area contributed by atoms with E-state index >= 15 is 0 Å². The molecule has 8 heavy (non-hydrogen) atoms. The molecule has 1 radical (unpaired) electrons. The molecule has 2 unspecified atom stereocenters. The van der Waals surface area contributed by atoms with Gasteiger partial charge in [-0.3, -0.25) is 16.6 Å². The van der Waals surface area contributed by atoms with Gasteiger partial charge in [-0.25, -0.2) is 0 Å². The second-order valence-corrected chi connectivity index (χ2v) is 2.06. The summed E-state index contributed by atoms with van der Waals surface area (Å²) < 4.78 is 0. The van der Waals surface area contributed by atoms with Crippen LogP contribution in [0.15, 0.2) is 0 Å². The largest absolute Gasteiger partial charge is 0.354 e. The van der Waals surface area contributed by atoms with Crippen molar-refractivity contribution in [2.24, 2.45) is 5.73 Å². The molecule has 1 aliphatic carbocycles. The molecule has 1 saturated carbocycles. The van der Waals surface area contributed by atoms with Crippen LogP contribution in [0, 0.1) is 6.42 Å². The Kier molecular flexibility index (Phi) is 2.45. The maximum absolute atomic E-state index is 7.93. The van der Waals surface area contributed by atoms with E-state index < -0.39 is 0 Å². The predicted molar refractivity (Wildman–Crippen MR) is 24.4 cm³/mol. The number of hydrogen-bond acceptors (Lipinski definition) is 3. The van der Waals surface area contributed by atoms with Gasteiger partial charge in [0.05, 0.1) is 0 Å². The zero-order valence-electron chi connectivity index (χ0n) is 4.47. The van der Waals surface area contributed by atoms with Gasteiger partial charge in [0.1, 0.15) is 0 Å². The van der Waals surface area contributed by atoms with Gasteiger partial charge in [0.25, 0.3) is 0 Å². The minimum atomic E-state index is -0.380. The fraction of sp³-hybridized carbons (Fsp3) is 0.750. The third-order valence-electron chi connectivity index (χ3n) is 1.13. The molecule has 0 heterocycles. The Morgan fingerprint density at radius 2 is 2.25 bits per heavy atom. The van der Waals surface area contributed by atoms with Crippen LogP contribution in [0.25, 0.3) is 0 Å². The van der Waals surface area contributed by atoms with Crippen LogP contribution in [-0.4, -0.2) is 16.9 Å². The van der Waals surface area contributed by atoms with Gasteiger partial charge in [0.2, 0.25) is 0 Å². The van der Waals surface area contributed by atoms with E-state index in [9.17, 15) is 0 Å². The van der Waals surface area contributed by atoms with Crippen molar-refractivity contribution < 1.29 is 27.2 Å². The molecule has 1 fully saturated rings. The van der Waals surface area contributed by atoms with Gasteiger partial charge in [-0.2, -0.15) is 0 Å². The molecule has 4 heteroatoms. The molecule has 3 nitrogen and oxygen atoms in total. The van der Waals surface area contributed by atoms with Crippen LogP contribution in [0.1, 0.15) is 6.92 Å². The van der Waals surface area contributed by atoms with Crippen molar-refractivity contribution in [3.05, 3.63) is 6.42 Å². The van der Waals surface area contributed by atoms with Gasteiger partial charge in [-0.05, 0) is 6.10 Å². The van der Waals surface area contributed by atoms with Crippen LogP contribution in [0.2, 0.25) is 0 Å². The summed E-state index contributed by atoms with van der Waals surface area (Å²) >= 11 is 0. The summed E-state index contributed by atoms with van der Waals surface area (Å²) in [7, 11) is 0. The minimum Gasteiger partial charge on any atom is -0.354 e. The molecule has 0 aliphatic heterocycles. The van der Waals surface area contributed by atoms with Crippen molar-refractivity contribution in [1.82, 2.24) is 0 Å². The molecular formula is C4H8MnNO2-. The molecule has 0 spiro atoms. The molecule has 0 bridgehead atoms. The van der Waals surface area contributed by atoms with Gasteiger partial charge < -0.3 is 5.73 Å². The maximum atomic E-state index is 7.93. The first-order valence-electron chi connectivity index (χ1n) is 2.12. The van der Waals surface area contributed by atoms with Crippen molar-refractivity contribution in [3.8, 4) is 0 Å². The standard InChI is InChI=1S/C4H8NO2.Mn/c1-4(5)2-3(4)7-6;/h2-3,6H,5H2,1H3;/q-1;. The van der Waals surface area contributed by atoms with E-state index in [1.807, 2.05) is 0 Å². The zero-order chi connectivity index (χ0) is 5.49. The predicted octanol–water partition coefficient (Wildman–Crippen LogP) is -0.223. The van der Waals surface area contributed by atoms with Crippen molar-refractivity contribution in [2.45, 2.75) is 18.6 Å². The van der Waals surface area contributed by atoms with Crippen LogP contribution in [-0.2, 0) is 22.0 Å². The average Bonchev–Trinajstić information content (AvgIpc) is 2.13. The molecule has 0 saturated heterocycles. The molecule has 3 N–H and O–H groups in total. The fourth-order valence-corrected chi connectivity index (χ4v) is 0.422. The summed E-state index contributed by atoms with van der Waals surface area (Å²) in [6, 6.07) is 0. The minimum absolute atomic E-state index is 0. The van der Waals surface area contributed by atoms with Crippen molar-refractivity contribution >= 4 is 0 Å². The second-order valence-electron chi connectivity index (χ2n) is 2.06. The van der Waals surface area contributed by atoms with Crippen LogP contribution < -0.4 is 5.73 Å². The average molecular weight is 157 g/mol. The van der Waals surface area contributed by atoms with Gasteiger partial charge in [0.15, 0.2) is 0 Å². The summed E-state index contributed by atoms with van der Waals surface area (Å²) in [6.07, 6.45) is 1.47. The molecule has 0 aromatic heterocycles.